The molecule has 0 radical (unpaired) electrons. The van der Waals surface area contributed by atoms with Gasteiger partial charge in [-0.25, -0.2) is 0 Å². The van der Waals surface area contributed by atoms with Crippen LogP contribution < -0.4 is 5.32 Å². The zero-order valence-electron chi connectivity index (χ0n) is 9.53. The van der Waals surface area contributed by atoms with Gasteiger partial charge in [0.05, 0.1) is 0 Å². The smallest absolute Gasteiger partial charge is 0.0315 e. The lowest BCUT2D eigenvalue weighted by Crippen LogP contribution is -2.49. The van der Waals surface area contributed by atoms with Gasteiger partial charge in [0.1, 0.15) is 0 Å². The molecule has 0 saturated carbocycles. The Hall–Kier alpha value is -0.930. The lowest BCUT2D eigenvalue weighted by molar-refractivity contribution is 0.165. The number of pyridine rings is 1. The molecule has 0 spiro atoms. The van der Waals surface area contributed by atoms with Gasteiger partial charge in [-0.15, -0.1) is 0 Å². The topological polar surface area (TPSA) is 28.2 Å². The van der Waals surface area contributed by atoms with Crippen LogP contribution in [0.2, 0.25) is 0 Å². The molecule has 1 aromatic rings. The number of rotatable bonds is 2. The molecule has 0 amide bonds. The molecule has 1 aliphatic rings. The summed E-state index contributed by atoms with van der Waals surface area (Å²) in [7, 11) is 0. The average Bonchev–Trinajstić information content (AvgIpc) is 2.24. The number of hydrogen-bond donors (Lipinski definition) is 1. The van der Waals surface area contributed by atoms with Crippen molar-refractivity contribution >= 4 is 0 Å². The highest BCUT2D eigenvalue weighted by molar-refractivity contribution is 5.21. The fourth-order valence-electron chi connectivity index (χ4n) is 2.00. The third kappa shape index (κ3) is 2.55. The van der Waals surface area contributed by atoms with Crippen molar-refractivity contribution in [3.05, 3.63) is 29.6 Å². The first-order chi connectivity index (χ1) is 7.27. The Bertz CT molecular complexity index is 324. The largest absolute Gasteiger partial charge is 0.314 e. The molecule has 1 atom stereocenters. The Morgan fingerprint density at radius 2 is 2.47 bits per heavy atom. The molecule has 3 nitrogen and oxygen atoms in total. The Kier molecular flexibility index (Phi) is 3.34. The summed E-state index contributed by atoms with van der Waals surface area (Å²) in [5.74, 6) is 0. The Morgan fingerprint density at radius 3 is 3.20 bits per heavy atom. The maximum Gasteiger partial charge on any atom is 0.0315 e. The highest BCUT2D eigenvalue weighted by Gasteiger charge is 2.18. The lowest BCUT2D eigenvalue weighted by Gasteiger charge is -2.34. The van der Waals surface area contributed by atoms with Crippen molar-refractivity contribution in [2.45, 2.75) is 26.4 Å². The number of piperazine rings is 1. The van der Waals surface area contributed by atoms with Gasteiger partial charge >= 0.3 is 0 Å². The van der Waals surface area contributed by atoms with Crippen LogP contribution in [0.4, 0.5) is 0 Å². The van der Waals surface area contributed by atoms with Gasteiger partial charge in [-0.05, 0) is 31.0 Å². The quantitative estimate of drug-likeness (QED) is 0.786. The first kappa shape index (κ1) is 10.6. The van der Waals surface area contributed by atoms with Crippen molar-refractivity contribution in [3.63, 3.8) is 0 Å². The second-order valence-corrected chi connectivity index (χ2v) is 4.33. The first-order valence-electron chi connectivity index (χ1n) is 5.61. The summed E-state index contributed by atoms with van der Waals surface area (Å²) >= 11 is 0. The summed E-state index contributed by atoms with van der Waals surface area (Å²) in [4.78, 5) is 6.71. The van der Waals surface area contributed by atoms with Gasteiger partial charge in [0, 0.05) is 44.6 Å². The van der Waals surface area contributed by atoms with Crippen molar-refractivity contribution in [3.8, 4) is 0 Å². The Morgan fingerprint density at radius 1 is 1.60 bits per heavy atom. The molecule has 0 aromatic carbocycles. The van der Waals surface area contributed by atoms with Crippen LogP contribution in [-0.2, 0) is 6.54 Å². The third-order valence-electron chi connectivity index (χ3n) is 3.16. The first-order valence-corrected chi connectivity index (χ1v) is 5.61. The van der Waals surface area contributed by atoms with E-state index in [0.29, 0.717) is 6.04 Å². The molecular formula is C12H19N3. The normalized spacial score (nSPS) is 22.9. The summed E-state index contributed by atoms with van der Waals surface area (Å²) in [6, 6.07) is 2.71. The van der Waals surface area contributed by atoms with Crippen molar-refractivity contribution in [1.29, 1.82) is 0 Å². The minimum atomic E-state index is 0.623. The van der Waals surface area contributed by atoms with Crippen LogP contribution in [0.5, 0.6) is 0 Å². The van der Waals surface area contributed by atoms with Gasteiger partial charge in [0.2, 0.25) is 0 Å². The fraction of sp³-hybridized carbons (Fsp3) is 0.583. The van der Waals surface area contributed by atoms with E-state index in [0.717, 1.165) is 26.2 Å². The number of hydrogen-bond acceptors (Lipinski definition) is 3. The van der Waals surface area contributed by atoms with E-state index in [9.17, 15) is 0 Å². The molecule has 1 aromatic heterocycles. The second kappa shape index (κ2) is 4.73. The number of nitrogens with one attached hydrogen (secondary N) is 1. The van der Waals surface area contributed by atoms with Crippen molar-refractivity contribution < 1.29 is 0 Å². The molecule has 2 heterocycles. The van der Waals surface area contributed by atoms with Gasteiger partial charge in [0.15, 0.2) is 0 Å². The molecular weight excluding hydrogens is 186 g/mol. The van der Waals surface area contributed by atoms with Crippen LogP contribution in [0.3, 0.4) is 0 Å². The van der Waals surface area contributed by atoms with Gasteiger partial charge in [-0.2, -0.15) is 0 Å². The van der Waals surface area contributed by atoms with E-state index >= 15 is 0 Å². The van der Waals surface area contributed by atoms with E-state index in [4.69, 9.17) is 0 Å². The highest BCUT2D eigenvalue weighted by atomic mass is 15.2. The van der Waals surface area contributed by atoms with E-state index in [1.807, 2.05) is 12.4 Å². The monoisotopic (exact) mass is 205 g/mol. The fourth-order valence-corrected chi connectivity index (χ4v) is 2.00. The predicted molar refractivity (Wildman–Crippen MR) is 61.7 cm³/mol. The van der Waals surface area contributed by atoms with Crippen molar-refractivity contribution in [2.75, 3.05) is 19.6 Å². The number of aryl methyl sites for hydroxylation is 1. The maximum atomic E-state index is 4.19. The van der Waals surface area contributed by atoms with Crippen LogP contribution in [-0.4, -0.2) is 35.6 Å². The molecule has 82 valence electrons. The second-order valence-electron chi connectivity index (χ2n) is 4.33. The predicted octanol–water partition coefficient (Wildman–Crippen LogP) is 1.18. The average molecular weight is 205 g/mol. The molecule has 0 unspecified atom stereocenters. The van der Waals surface area contributed by atoms with Crippen molar-refractivity contribution in [2.24, 2.45) is 0 Å². The van der Waals surface area contributed by atoms with Crippen LogP contribution in [0, 0.1) is 6.92 Å². The standard InChI is InChI=1S/C12H19N3/c1-10-3-4-13-8-12(10)9-15-6-5-14-7-11(15)2/h3-4,8,11,14H,5-7,9H2,1-2H3/t11-/m1/s1. The van der Waals surface area contributed by atoms with Gasteiger partial charge in [0.25, 0.3) is 0 Å². The summed E-state index contributed by atoms with van der Waals surface area (Å²) in [5.41, 5.74) is 2.70. The zero-order chi connectivity index (χ0) is 10.7. The van der Waals surface area contributed by atoms with E-state index in [2.05, 4.69) is 35.1 Å². The Balaban J connectivity index is 2.04. The van der Waals surface area contributed by atoms with Crippen LogP contribution in [0.1, 0.15) is 18.1 Å². The van der Waals surface area contributed by atoms with E-state index in [1.54, 1.807) is 0 Å². The molecule has 1 fully saturated rings. The van der Waals surface area contributed by atoms with Gasteiger partial charge < -0.3 is 5.32 Å². The van der Waals surface area contributed by atoms with Gasteiger partial charge in [-0.3, -0.25) is 9.88 Å². The summed E-state index contributed by atoms with van der Waals surface area (Å²) in [5, 5.41) is 3.41. The highest BCUT2D eigenvalue weighted by Crippen LogP contribution is 2.12. The zero-order valence-corrected chi connectivity index (χ0v) is 9.53. The summed E-state index contributed by atoms with van der Waals surface area (Å²) in [6.07, 6.45) is 3.85. The molecule has 1 aliphatic heterocycles. The van der Waals surface area contributed by atoms with Crippen LogP contribution >= 0.6 is 0 Å². The van der Waals surface area contributed by atoms with E-state index in [-0.39, 0.29) is 0 Å². The maximum absolute atomic E-state index is 4.19. The number of aromatic nitrogens is 1. The Labute approximate surface area is 91.5 Å². The minimum absolute atomic E-state index is 0.623. The molecule has 2 rings (SSSR count). The molecule has 1 saturated heterocycles. The molecule has 15 heavy (non-hydrogen) atoms. The van der Waals surface area contributed by atoms with E-state index < -0.39 is 0 Å². The third-order valence-corrected chi connectivity index (χ3v) is 3.16. The minimum Gasteiger partial charge on any atom is -0.314 e. The molecule has 0 aliphatic carbocycles. The van der Waals surface area contributed by atoms with E-state index in [1.165, 1.54) is 11.1 Å². The summed E-state index contributed by atoms with van der Waals surface area (Å²) in [6.45, 7) is 8.79. The van der Waals surface area contributed by atoms with Crippen LogP contribution in [0.25, 0.3) is 0 Å². The SMILES string of the molecule is Cc1ccncc1CN1CCNC[C@H]1C. The van der Waals surface area contributed by atoms with Gasteiger partial charge in [-0.1, -0.05) is 0 Å². The molecule has 0 bridgehead atoms. The molecule has 3 heteroatoms. The van der Waals surface area contributed by atoms with Crippen LogP contribution in [0.15, 0.2) is 18.5 Å². The van der Waals surface area contributed by atoms with Crippen molar-refractivity contribution in [1.82, 2.24) is 15.2 Å². The number of nitrogens with zero attached hydrogens (tertiary/aromatic N) is 2. The summed E-state index contributed by atoms with van der Waals surface area (Å²) < 4.78 is 0. The molecule has 1 N–H and O–H groups in total. The lowest BCUT2D eigenvalue weighted by atomic mass is 10.1.